The van der Waals surface area contributed by atoms with Gasteiger partial charge in [0.25, 0.3) is 0 Å². The van der Waals surface area contributed by atoms with Crippen molar-refractivity contribution in [2.45, 2.75) is 12.8 Å². The van der Waals surface area contributed by atoms with Gasteiger partial charge < -0.3 is 10.4 Å². The highest BCUT2D eigenvalue weighted by atomic mass is 79.9. The summed E-state index contributed by atoms with van der Waals surface area (Å²) >= 11 is 3.36. The summed E-state index contributed by atoms with van der Waals surface area (Å²) < 4.78 is 0.859. The molecule has 0 bridgehead atoms. The molecule has 1 atom stereocenters. The van der Waals surface area contributed by atoms with Crippen molar-refractivity contribution >= 4 is 27.6 Å². The topological polar surface area (TPSA) is 49.3 Å². The molecule has 0 amide bonds. The van der Waals surface area contributed by atoms with E-state index in [-0.39, 0.29) is 5.56 Å². The fourth-order valence-electron chi connectivity index (χ4n) is 2.01. The highest BCUT2D eigenvalue weighted by molar-refractivity contribution is 9.10. The maximum atomic E-state index is 11.2. The zero-order valence-electron chi connectivity index (χ0n) is 11.1. The van der Waals surface area contributed by atoms with E-state index in [0.29, 0.717) is 18.2 Å². The van der Waals surface area contributed by atoms with Crippen LogP contribution >= 0.6 is 15.9 Å². The van der Waals surface area contributed by atoms with Crippen molar-refractivity contribution < 1.29 is 9.90 Å². The van der Waals surface area contributed by atoms with Crippen LogP contribution in [0.5, 0.6) is 0 Å². The SMILES string of the molecule is CC(CNc1cc(Br)ccc1C(=O)O)c1ccccc1. The number of rotatable bonds is 5. The lowest BCUT2D eigenvalue weighted by atomic mass is 10.0. The smallest absolute Gasteiger partial charge is 0.337 e. The van der Waals surface area contributed by atoms with E-state index >= 15 is 0 Å². The molecule has 0 saturated carbocycles. The van der Waals surface area contributed by atoms with Crippen LogP contribution in [0, 0.1) is 0 Å². The molecule has 2 rings (SSSR count). The largest absolute Gasteiger partial charge is 0.478 e. The molecule has 0 aliphatic heterocycles. The first-order chi connectivity index (χ1) is 9.58. The molecule has 0 aliphatic carbocycles. The minimum Gasteiger partial charge on any atom is -0.478 e. The van der Waals surface area contributed by atoms with Crippen LogP contribution in [0.4, 0.5) is 5.69 Å². The average Bonchev–Trinajstić information content (AvgIpc) is 2.45. The van der Waals surface area contributed by atoms with Crippen molar-refractivity contribution in [2.75, 3.05) is 11.9 Å². The lowest BCUT2D eigenvalue weighted by Gasteiger charge is -2.15. The van der Waals surface area contributed by atoms with Crippen LogP contribution in [0.15, 0.2) is 53.0 Å². The van der Waals surface area contributed by atoms with Crippen LogP contribution in [0.2, 0.25) is 0 Å². The fourth-order valence-corrected chi connectivity index (χ4v) is 2.37. The van der Waals surface area contributed by atoms with E-state index in [1.165, 1.54) is 5.56 Å². The molecule has 2 aromatic rings. The molecule has 0 spiro atoms. The van der Waals surface area contributed by atoms with Crippen LogP contribution in [-0.4, -0.2) is 17.6 Å². The first-order valence-electron chi connectivity index (χ1n) is 6.39. The van der Waals surface area contributed by atoms with Crippen molar-refractivity contribution in [3.05, 3.63) is 64.1 Å². The molecule has 0 radical (unpaired) electrons. The summed E-state index contributed by atoms with van der Waals surface area (Å²) in [7, 11) is 0. The first kappa shape index (κ1) is 14.6. The third-order valence-corrected chi connectivity index (χ3v) is 3.67. The Balaban J connectivity index is 2.11. The van der Waals surface area contributed by atoms with Gasteiger partial charge in [0.15, 0.2) is 0 Å². The number of nitrogens with one attached hydrogen (secondary N) is 1. The van der Waals surface area contributed by atoms with E-state index in [2.05, 4.69) is 40.3 Å². The van der Waals surface area contributed by atoms with E-state index in [1.807, 2.05) is 18.2 Å². The summed E-state index contributed by atoms with van der Waals surface area (Å²) in [5, 5.41) is 12.4. The van der Waals surface area contributed by atoms with Gasteiger partial charge in [-0.15, -0.1) is 0 Å². The Kier molecular flexibility index (Phi) is 4.79. The standard InChI is InChI=1S/C16H16BrNO2/c1-11(12-5-3-2-4-6-12)10-18-15-9-13(17)7-8-14(15)16(19)20/h2-9,11,18H,10H2,1H3,(H,19,20). The van der Waals surface area contributed by atoms with Gasteiger partial charge in [-0.2, -0.15) is 0 Å². The minimum absolute atomic E-state index is 0.286. The number of halogens is 1. The van der Waals surface area contributed by atoms with Gasteiger partial charge in [0, 0.05) is 16.7 Å². The fraction of sp³-hybridized carbons (Fsp3) is 0.188. The number of carbonyl (C=O) groups is 1. The molecule has 3 nitrogen and oxygen atoms in total. The lowest BCUT2D eigenvalue weighted by molar-refractivity contribution is 0.0698. The number of carboxylic acid groups (broad SMARTS) is 1. The normalized spacial score (nSPS) is 11.9. The Morgan fingerprint density at radius 3 is 2.60 bits per heavy atom. The molecule has 0 aromatic heterocycles. The number of benzene rings is 2. The quantitative estimate of drug-likeness (QED) is 0.854. The summed E-state index contributed by atoms with van der Waals surface area (Å²) in [6, 6.07) is 15.3. The Morgan fingerprint density at radius 1 is 1.25 bits per heavy atom. The third kappa shape index (κ3) is 3.61. The maximum Gasteiger partial charge on any atom is 0.337 e. The Bertz CT molecular complexity index is 599. The van der Waals surface area contributed by atoms with E-state index in [9.17, 15) is 9.90 Å². The van der Waals surface area contributed by atoms with Crippen LogP contribution in [0.1, 0.15) is 28.8 Å². The molecule has 2 N–H and O–H groups in total. The van der Waals surface area contributed by atoms with Crippen LogP contribution < -0.4 is 5.32 Å². The lowest BCUT2D eigenvalue weighted by Crippen LogP contribution is -2.12. The summed E-state index contributed by atoms with van der Waals surface area (Å²) in [6.45, 7) is 2.79. The van der Waals surface area contributed by atoms with Crippen LogP contribution in [0.25, 0.3) is 0 Å². The molecule has 104 valence electrons. The number of anilines is 1. The highest BCUT2D eigenvalue weighted by Gasteiger charge is 2.11. The molecule has 2 aromatic carbocycles. The predicted molar refractivity (Wildman–Crippen MR) is 84.4 cm³/mol. The second-order valence-electron chi connectivity index (χ2n) is 4.69. The number of hydrogen-bond acceptors (Lipinski definition) is 2. The van der Waals surface area contributed by atoms with Gasteiger partial charge in [-0.1, -0.05) is 53.2 Å². The summed E-state index contributed by atoms with van der Waals surface area (Å²) in [6.07, 6.45) is 0. The van der Waals surface area contributed by atoms with Gasteiger partial charge in [0.05, 0.1) is 5.56 Å². The van der Waals surface area contributed by atoms with Gasteiger partial charge in [-0.3, -0.25) is 0 Å². The summed E-state index contributed by atoms with van der Waals surface area (Å²) in [4.78, 5) is 11.2. The summed E-state index contributed by atoms with van der Waals surface area (Å²) in [5.74, 6) is -0.621. The van der Waals surface area contributed by atoms with Crippen molar-refractivity contribution in [2.24, 2.45) is 0 Å². The van der Waals surface area contributed by atoms with Gasteiger partial charge in [-0.25, -0.2) is 4.79 Å². The molecule has 0 aliphatic rings. The molecule has 0 heterocycles. The van der Waals surface area contributed by atoms with Crippen LogP contribution in [-0.2, 0) is 0 Å². The van der Waals surface area contributed by atoms with Gasteiger partial charge >= 0.3 is 5.97 Å². The van der Waals surface area contributed by atoms with Crippen molar-refractivity contribution in [3.63, 3.8) is 0 Å². The number of carboxylic acids is 1. The molecular weight excluding hydrogens is 318 g/mol. The minimum atomic E-state index is -0.924. The third-order valence-electron chi connectivity index (χ3n) is 3.18. The molecule has 20 heavy (non-hydrogen) atoms. The Hall–Kier alpha value is -1.81. The highest BCUT2D eigenvalue weighted by Crippen LogP contribution is 2.23. The maximum absolute atomic E-state index is 11.2. The van der Waals surface area contributed by atoms with Gasteiger partial charge in [-0.05, 0) is 29.7 Å². The van der Waals surface area contributed by atoms with Crippen molar-refractivity contribution in [1.82, 2.24) is 0 Å². The number of aromatic carboxylic acids is 1. The molecular formula is C16H16BrNO2. The average molecular weight is 334 g/mol. The zero-order valence-corrected chi connectivity index (χ0v) is 12.7. The monoisotopic (exact) mass is 333 g/mol. The van der Waals surface area contributed by atoms with E-state index in [4.69, 9.17) is 0 Å². The van der Waals surface area contributed by atoms with Gasteiger partial charge in [0.1, 0.15) is 0 Å². The number of hydrogen-bond donors (Lipinski definition) is 2. The van der Waals surface area contributed by atoms with Gasteiger partial charge in [0.2, 0.25) is 0 Å². The Morgan fingerprint density at radius 2 is 1.95 bits per heavy atom. The molecule has 4 heteroatoms. The van der Waals surface area contributed by atoms with Crippen molar-refractivity contribution in [3.8, 4) is 0 Å². The zero-order chi connectivity index (χ0) is 14.5. The second kappa shape index (κ2) is 6.57. The van der Waals surface area contributed by atoms with Crippen LogP contribution in [0.3, 0.4) is 0 Å². The van der Waals surface area contributed by atoms with E-state index < -0.39 is 5.97 Å². The van der Waals surface area contributed by atoms with Crippen molar-refractivity contribution in [1.29, 1.82) is 0 Å². The second-order valence-corrected chi connectivity index (χ2v) is 5.60. The first-order valence-corrected chi connectivity index (χ1v) is 7.19. The molecule has 0 fully saturated rings. The summed E-state index contributed by atoms with van der Waals surface area (Å²) in [5.41, 5.74) is 2.15. The Labute approximate surface area is 126 Å². The molecule has 1 unspecified atom stereocenters. The molecule has 0 saturated heterocycles. The van der Waals surface area contributed by atoms with E-state index in [0.717, 1.165) is 4.47 Å². The predicted octanol–water partition coefficient (Wildman–Crippen LogP) is 4.36. The van der Waals surface area contributed by atoms with E-state index in [1.54, 1.807) is 18.2 Å².